The number of rotatable bonds is 11. The molecule has 5 N–H and O–H groups in total. The summed E-state index contributed by atoms with van der Waals surface area (Å²) in [5, 5.41) is 14.9. The molecule has 3 rings (SSSR count). The molecule has 0 unspecified atom stereocenters. The number of hydrogen-bond donors (Lipinski definition) is 4. The molecule has 1 fully saturated rings. The van der Waals surface area contributed by atoms with Gasteiger partial charge in [0.1, 0.15) is 5.82 Å². The minimum Gasteiger partial charge on any atom is -0.394 e. The Morgan fingerprint density at radius 2 is 1.79 bits per heavy atom. The van der Waals surface area contributed by atoms with Crippen LogP contribution >= 0.6 is 24.2 Å². The van der Waals surface area contributed by atoms with Crippen molar-refractivity contribution >= 4 is 41.7 Å². The molecular formula is C26H34ClF3N4O3S. The smallest absolute Gasteiger partial charge is 0.253 e. The zero-order valence-electron chi connectivity index (χ0n) is 21.3. The van der Waals surface area contributed by atoms with Gasteiger partial charge in [-0.3, -0.25) is 9.59 Å². The molecule has 3 atom stereocenters. The lowest BCUT2D eigenvalue weighted by Gasteiger charge is -2.24. The van der Waals surface area contributed by atoms with Crippen LogP contribution < -0.4 is 16.4 Å². The zero-order valence-corrected chi connectivity index (χ0v) is 22.9. The van der Waals surface area contributed by atoms with Crippen molar-refractivity contribution in [3.63, 3.8) is 0 Å². The van der Waals surface area contributed by atoms with E-state index in [-0.39, 0.29) is 67.7 Å². The highest BCUT2D eigenvalue weighted by Crippen LogP contribution is 2.25. The Bertz CT molecular complexity index is 1090. The fraction of sp³-hybridized carbons (Fsp3) is 0.462. The van der Waals surface area contributed by atoms with E-state index in [0.29, 0.717) is 18.4 Å². The first-order valence-electron chi connectivity index (χ1n) is 12.1. The molecule has 38 heavy (non-hydrogen) atoms. The van der Waals surface area contributed by atoms with Crippen molar-refractivity contribution in [2.75, 3.05) is 24.2 Å². The van der Waals surface area contributed by atoms with Crippen LogP contribution in [0.3, 0.4) is 0 Å². The van der Waals surface area contributed by atoms with E-state index in [4.69, 9.17) is 5.73 Å². The molecule has 0 spiro atoms. The van der Waals surface area contributed by atoms with Gasteiger partial charge in [0.2, 0.25) is 5.91 Å². The van der Waals surface area contributed by atoms with Crippen molar-refractivity contribution in [1.82, 2.24) is 10.2 Å². The SMILES string of the molecule is CC(C)[C@H](CO)Nc1ccc(CNC(=O)[C@@H]2SCCN2C(=O)C[C@H](N)Cc2cc(F)c(F)cc2F)cc1.Cl. The molecule has 210 valence electrons. The molecule has 2 amide bonds. The van der Waals surface area contributed by atoms with Crippen LogP contribution in [0.5, 0.6) is 0 Å². The van der Waals surface area contributed by atoms with Crippen molar-refractivity contribution in [2.45, 2.75) is 50.7 Å². The number of anilines is 1. The number of carbonyl (C=O) groups excluding carboxylic acids is 2. The summed E-state index contributed by atoms with van der Waals surface area (Å²) < 4.78 is 40.5. The number of carbonyl (C=O) groups is 2. The van der Waals surface area contributed by atoms with Gasteiger partial charge in [-0.1, -0.05) is 26.0 Å². The third kappa shape index (κ3) is 8.52. The van der Waals surface area contributed by atoms with Gasteiger partial charge in [0, 0.05) is 43.1 Å². The van der Waals surface area contributed by atoms with Gasteiger partial charge in [0.05, 0.1) is 12.6 Å². The molecule has 0 saturated carbocycles. The minimum absolute atomic E-state index is 0. The van der Waals surface area contributed by atoms with Crippen molar-refractivity contribution in [3.8, 4) is 0 Å². The van der Waals surface area contributed by atoms with Crippen LogP contribution in [0.1, 0.15) is 31.4 Å². The van der Waals surface area contributed by atoms with Gasteiger partial charge in [0.15, 0.2) is 17.0 Å². The lowest BCUT2D eigenvalue weighted by Crippen LogP contribution is -2.46. The molecule has 2 aromatic rings. The monoisotopic (exact) mass is 574 g/mol. The number of amides is 2. The second-order valence-corrected chi connectivity index (χ2v) is 10.6. The molecule has 0 aliphatic carbocycles. The molecular weight excluding hydrogens is 541 g/mol. The Hall–Kier alpha value is -2.47. The number of thioether (sulfide) groups is 1. The van der Waals surface area contributed by atoms with Gasteiger partial charge in [-0.05, 0) is 41.7 Å². The molecule has 7 nitrogen and oxygen atoms in total. The first kappa shape index (κ1) is 31.7. The summed E-state index contributed by atoms with van der Waals surface area (Å²) in [5.74, 6) is -3.22. The summed E-state index contributed by atoms with van der Waals surface area (Å²) in [6.07, 6.45) is -0.309. The summed E-state index contributed by atoms with van der Waals surface area (Å²) in [7, 11) is 0. The van der Waals surface area contributed by atoms with Crippen LogP contribution in [0.15, 0.2) is 36.4 Å². The summed E-state index contributed by atoms with van der Waals surface area (Å²) in [5.41, 5.74) is 7.63. The predicted octanol–water partition coefficient (Wildman–Crippen LogP) is 3.43. The maximum atomic E-state index is 13.9. The molecule has 1 aliphatic heterocycles. The van der Waals surface area contributed by atoms with E-state index in [9.17, 15) is 27.9 Å². The molecule has 1 heterocycles. The lowest BCUT2D eigenvalue weighted by atomic mass is 10.0. The van der Waals surface area contributed by atoms with Crippen LogP contribution in [0.25, 0.3) is 0 Å². The molecule has 0 aromatic heterocycles. The average molecular weight is 575 g/mol. The van der Waals surface area contributed by atoms with Gasteiger partial charge >= 0.3 is 0 Å². The number of nitrogens with zero attached hydrogens (tertiary/aromatic N) is 1. The van der Waals surface area contributed by atoms with E-state index in [1.54, 1.807) is 0 Å². The predicted molar refractivity (Wildman–Crippen MR) is 145 cm³/mol. The lowest BCUT2D eigenvalue weighted by molar-refractivity contribution is -0.136. The number of benzene rings is 2. The van der Waals surface area contributed by atoms with E-state index in [0.717, 1.165) is 17.3 Å². The standard InChI is InChI=1S/C26H33F3N4O3S.ClH/c1-15(2)23(14-34)32-19-5-3-16(4-6-19)13-31-25(36)26-33(7-8-37-26)24(35)11-18(30)9-17-10-21(28)22(29)12-20(17)27;/h3-6,10,12,15,18,23,26,32,34H,7-9,11,13-14,30H2,1-2H3,(H,31,36);1H/t18-,23+,26+;/m1./s1. The van der Waals surface area contributed by atoms with Crippen LogP contribution in [0.2, 0.25) is 0 Å². The Kier molecular flexibility index (Phi) is 12.2. The number of nitrogens with one attached hydrogen (secondary N) is 2. The van der Waals surface area contributed by atoms with Crippen LogP contribution in [-0.4, -0.2) is 58.2 Å². The second kappa shape index (κ2) is 14.6. The summed E-state index contributed by atoms with van der Waals surface area (Å²) in [6.45, 7) is 4.72. The zero-order chi connectivity index (χ0) is 27.1. The summed E-state index contributed by atoms with van der Waals surface area (Å²) >= 11 is 1.34. The third-order valence-electron chi connectivity index (χ3n) is 6.22. The van der Waals surface area contributed by atoms with Crippen LogP contribution in [-0.2, 0) is 22.6 Å². The Labute approximate surface area is 231 Å². The summed E-state index contributed by atoms with van der Waals surface area (Å²) in [4.78, 5) is 27.1. The molecule has 0 bridgehead atoms. The van der Waals surface area contributed by atoms with Crippen molar-refractivity contribution in [1.29, 1.82) is 0 Å². The number of nitrogens with two attached hydrogens (primary N) is 1. The second-order valence-electron chi connectivity index (χ2n) is 9.43. The Morgan fingerprint density at radius 1 is 1.13 bits per heavy atom. The van der Waals surface area contributed by atoms with Gasteiger partial charge < -0.3 is 26.4 Å². The van der Waals surface area contributed by atoms with Gasteiger partial charge in [-0.25, -0.2) is 13.2 Å². The highest BCUT2D eigenvalue weighted by atomic mass is 35.5. The summed E-state index contributed by atoms with van der Waals surface area (Å²) in [6, 6.07) is 7.82. The van der Waals surface area contributed by atoms with E-state index >= 15 is 0 Å². The molecule has 2 aromatic carbocycles. The molecule has 1 aliphatic rings. The van der Waals surface area contributed by atoms with Gasteiger partial charge in [-0.15, -0.1) is 24.2 Å². The first-order chi connectivity index (χ1) is 17.6. The van der Waals surface area contributed by atoms with E-state index in [1.807, 2.05) is 38.1 Å². The first-order valence-corrected chi connectivity index (χ1v) is 13.2. The van der Waals surface area contributed by atoms with Crippen molar-refractivity contribution in [3.05, 3.63) is 65.0 Å². The quantitative estimate of drug-likeness (QED) is 0.306. The fourth-order valence-corrected chi connectivity index (χ4v) is 5.15. The van der Waals surface area contributed by atoms with E-state index in [2.05, 4.69) is 10.6 Å². The van der Waals surface area contributed by atoms with Crippen LogP contribution in [0.4, 0.5) is 18.9 Å². The minimum atomic E-state index is -1.29. The largest absolute Gasteiger partial charge is 0.394 e. The van der Waals surface area contributed by atoms with E-state index < -0.39 is 28.9 Å². The van der Waals surface area contributed by atoms with Gasteiger partial charge in [0.25, 0.3) is 5.91 Å². The Balaban J connectivity index is 0.00000507. The van der Waals surface area contributed by atoms with E-state index in [1.165, 1.54) is 16.7 Å². The molecule has 1 saturated heterocycles. The fourth-order valence-electron chi connectivity index (χ4n) is 3.99. The topological polar surface area (TPSA) is 108 Å². The Morgan fingerprint density at radius 3 is 2.42 bits per heavy atom. The maximum Gasteiger partial charge on any atom is 0.253 e. The highest BCUT2D eigenvalue weighted by molar-refractivity contribution is 8.00. The van der Waals surface area contributed by atoms with Crippen molar-refractivity contribution < 1.29 is 27.9 Å². The number of hydrogen-bond acceptors (Lipinski definition) is 6. The molecule has 0 radical (unpaired) electrons. The van der Waals surface area contributed by atoms with Crippen molar-refractivity contribution in [2.24, 2.45) is 11.7 Å². The maximum absolute atomic E-state index is 13.9. The highest BCUT2D eigenvalue weighted by Gasteiger charge is 2.35. The number of aliphatic hydroxyl groups is 1. The van der Waals surface area contributed by atoms with Crippen LogP contribution in [0, 0.1) is 23.4 Å². The average Bonchev–Trinajstić information content (AvgIpc) is 3.35. The van der Waals surface area contributed by atoms with Gasteiger partial charge in [-0.2, -0.15) is 0 Å². The third-order valence-corrected chi connectivity index (χ3v) is 7.42. The molecule has 12 heteroatoms. The number of halogens is 4. The number of aliphatic hydroxyl groups excluding tert-OH is 1. The normalized spacial score (nSPS) is 16.6.